The molecule has 5 heteroatoms. The molecule has 4 nitrogen and oxygen atoms in total. The maximum absolute atomic E-state index is 11.9. The van der Waals surface area contributed by atoms with Crippen LogP contribution in [0.3, 0.4) is 0 Å². The predicted octanol–water partition coefficient (Wildman–Crippen LogP) is 3.27. The van der Waals surface area contributed by atoms with Gasteiger partial charge >= 0.3 is 0 Å². The van der Waals surface area contributed by atoms with Gasteiger partial charge in [-0.3, -0.25) is 4.79 Å². The first-order valence-corrected chi connectivity index (χ1v) is 7.75. The first-order chi connectivity index (χ1) is 11.2. The van der Waals surface area contributed by atoms with Crippen molar-refractivity contribution in [1.29, 1.82) is 0 Å². The Labute approximate surface area is 143 Å². The van der Waals surface area contributed by atoms with Gasteiger partial charge in [0, 0.05) is 10.0 Å². The topological polar surface area (TPSA) is 47.6 Å². The third-order valence-corrected chi connectivity index (χ3v) is 3.41. The fraction of sp³-hybridized carbons (Fsp3) is 0.167. The van der Waals surface area contributed by atoms with E-state index in [4.69, 9.17) is 9.47 Å². The van der Waals surface area contributed by atoms with Crippen LogP contribution in [0.15, 0.2) is 53.0 Å². The second-order valence-electron chi connectivity index (χ2n) is 4.49. The highest BCUT2D eigenvalue weighted by molar-refractivity contribution is 9.10. The summed E-state index contributed by atoms with van der Waals surface area (Å²) >= 11 is 3.33. The van der Waals surface area contributed by atoms with Crippen molar-refractivity contribution >= 4 is 21.8 Å². The van der Waals surface area contributed by atoms with Crippen molar-refractivity contribution in [1.82, 2.24) is 5.32 Å². The second kappa shape index (κ2) is 8.86. The van der Waals surface area contributed by atoms with Gasteiger partial charge < -0.3 is 14.8 Å². The van der Waals surface area contributed by atoms with Crippen LogP contribution in [0.5, 0.6) is 11.5 Å². The lowest BCUT2D eigenvalue weighted by molar-refractivity contribution is 0.0958. The molecule has 2 aromatic carbocycles. The maximum Gasteiger partial charge on any atom is 0.252 e. The van der Waals surface area contributed by atoms with Crippen LogP contribution in [0.4, 0.5) is 0 Å². The van der Waals surface area contributed by atoms with Crippen molar-refractivity contribution in [3.63, 3.8) is 0 Å². The monoisotopic (exact) mass is 373 g/mol. The summed E-state index contributed by atoms with van der Waals surface area (Å²) in [6, 6.07) is 14.6. The van der Waals surface area contributed by atoms with Crippen molar-refractivity contribution in [3.05, 3.63) is 58.6 Å². The molecule has 0 heterocycles. The molecule has 1 N–H and O–H groups in total. The van der Waals surface area contributed by atoms with Crippen molar-refractivity contribution in [2.45, 2.75) is 0 Å². The Morgan fingerprint density at radius 1 is 1.13 bits per heavy atom. The summed E-state index contributed by atoms with van der Waals surface area (Å²) in [4.78, 5) is 11.9. The van der Waals surface area contributed by atoms with E-state index in [1.165, 1.54) is 0 Å². The third kappa shape index (κ3) is 5.35. The number of hydrogen-bond acceptors (Lipinski definition) is 3. The molecule has 118 valence electrons. The summed E-state index contributed by atoms with van der Waals surface area (Å²) < 4.78 is 11.6. The fourth-order valence-electron chi connectivity index (χ4n) is 1.82. The average Bonchev–Trinajstić information content (AvgIpc) is 2.58. The van der Waals surface area contributed by atoms with E-state index in [-0.39, 0.29) is 19.1 Å². The van der Waals surface area contributed by atoms with Crippen LogP contribution in [0, 0.1) is 11.8 Å². The van der Waals surface area contributed by atoms with E-state index in [9.17, 15) is 4.79 Å². The standard InChI is InChI=1S/C18H16BrNO3/c1-22-16-9-2-3-10-17(16)23-12-5-4-11-20-18(21)14-7-6-8-15(19)13-14/h2-3,6-10,13H,11-12H2,1H3,(H,20,21). The average molecular weight is 374 g/mol. The number of para-hydroxylation sites is 2. The van der Waals surface area contributed by atoms with Crippen LogP contribution in [0.2, 0.25) is 0 Å². The molecule has 2 aromatic rings. The molecule has 0 aliphatic heterocycles. The Bertz CT molecular complexity index is 734. The minimum Gasteiger partial charge on any atom is -0.493 e. The fourth-order valence-corrected chi connectivity index (χ4v) is 2.22. The molecule has 23 heavy (non-hydrogen) atoms. The Morgan fingerprint density at radius 3 is 2.65 bits per heavy atom. The molecule has 2 rings (SSSR count). The molecular weight excluding hydrogens is 358 g/mol. The number of nitrogens with one attached hydrogen (secondary N) is 1. The highest BCUT2D eigenvalue weighted by atomic mass is 79.9. The SMILES string of the molecule is COc1ccccc1OCC#CCNC(=O)c1cccc(Br)c1. The summed E-state index contributed by atoms with van der Waals surface area (Å²) in [6.45, 7) is 0.494. The van der Waals surface area contributed by atoms with Gasteiger partial charge in [-0.05, 0) is 30.3 Å². The molecule has 0 aliphatic rings. The van der Waals surface area contributed by atoms with E-state index in [2.05, 4.69) is 33.1 Å². The zero-order chi connectivity index (χ0) is 16.5. The first kappa shape index (κ1) is 16.9. The van der Waals surface area contributed by atoms with Crippen LogP contribution >= 0.6 is 15.9 Å². The van der Waals surface area contributed by atoms with E-state index >= 15 is 0 Å². The number of methoxy groups -OCH3 is 1. The molecule has 0 radical (unpaired) electrons. The summed E-state index contributed by atoms with van der Waals surface area (Å²) in [5, 5.41) is 2.73. The molecule has 0 spiro atoms. The van der Waals surface area contributed by atoms with Gasteiger partial charge in [0.15, 0.2) is 11.5 Å². The van der Waals surface area contributed by atoms with Crippen LogP contribution in [0.25, 0.3) is 0 Å². The van der Waals surface area contributed by atoms with Gasteiger partial charge in [0.25, 0.3) is 5.91 Å². The van der Waals surface area contributed by atoms with Gasteiger partial charge in [-0.15, -0.1) is 0 Å². The van der Waals surface area contributed by atoms with E-state index < -0.39 is 0 Å². The molecule has 0 aromatic heterocycles. The number of ether oxygens (including phenoxy) is 2. The van der Waals surface area contributed by atoms with E-state index in [0.29, 0.717) is 17.1 Å². The van der Waals surface area contributed by atoms with E-state index in [1.54, 1.807) is 19.2 Å². The molecule has 0 bridgehead atoms. The molecule has 0 saturated heterocycles. The lowest BCUT2D eigenvalue weighted by atomic mass is 10.2. The smallest absolute Gasteiger partial charge is 0.252 e. The van der Waals surface area contributed by atoms with Crippen LogP contribution in [-0.2, 0) is 0 Å². The molecule has 0 fully saturated rings. The van der Waals surface area contributed by atoms with E-state index in [0.717, 1.165) is 4.47 Å². The minimum absolute atomic E-state index is 0.161. The Morgan fingerprint density at radius 2 is 1.91 bits per heavy atom. The largest absolute Gasteiger partial charge is 0.493 e. The number of carbonyl (C=O) groups is 1. The Kier molecular flexibility index (Phi) is 6.52. The summed E-state index contributed by atoms with van der Waals surface area (Å²) in [6.07, 6.45) is 0. The van der Waals surface area contributed by atoms with Gasteiger partial charge in [-0.25, -0.2) is 0 Å². The number of hydrogen-bond donors (Lipinski definition) is 1. The van der Waals surface area contributed by atoms with Gasteiger partial charge in [0.05, 0.1) is 13.7 Å². The van der Waals surface area contributed by atoms with Crippen molar-refractivity contribution in [3.8, 4) is 23.3 Å². The predicted molar refractivity (Wildman–Crippen MR) is 92.7 cm³/mol. The lowest BCUT2D eigenvalue weighted by Crippen LogP contribution is -2.23. The number of amides is 1. The first-order valence-electron chi connectivity index (χ1n) is 6.96. The highest BCUT2D eigenvalue weighted by Crippen LogP contribution is 2.25. The zero-order valence-corrected chi connectivity index (χ0v) is 14.2. The molecular formula is C18H16BrNO3. The number of rotatable bonds is 5. The number of carbonyl (C=O) groups excluding carboxylic acids is 1. The maximum atomic E-state index is 11.9. The molecule has 0 saturated carbocycles. The number of halogens is 1. The Balaban J connectivity index is 1.77. The van der Waals surface area contributed by atoms with Crippen LogP contribution in [0.1, 0.15) is 10.4 Å². The summed E-state index contributed by atoms with van der Waals surface area (Å²) in [5.41, 5.74) is 0.589. The summed E-state index contributed by atoms with van der Waals surface area (Å²) in [7, 11) is 1.59. The van der Waals surface area contributed by atoms with Crippen LogP contribution < -0.4 is 14.8 Å². The highest BCUT2D eigenvalue weighted by Gasteiger charge is 2.03. The Hall–Kier alpha value is -2.45. The van der Waals surface area contributed by atoms with Gasteiger partial charge in [0.2, 0.25) is 0 Å². The minimum atomic E-state index is -0.161. The molecule has 0 atom stereocenters. The third-order valence-electron chi connectivity index (χ3n) is 2.92. The van der Waals surface area contributed by atoms with Crippen LogP contribution in [-0.4, -0.2) is 26.2 Å². The molecule has 1 amide bonds. The second-order valence-corrected chi connectivity index (χ2v) is 5.40. The normalized spacial score (nSPS) is 9.48. The van der Waals surface area contributed by atoms with E-state index in [1.807, 2.05) is 36.4 Å². The molecule has 0 aliphatic carbocycles. The van der Waals surface area contributed by atoms with Crippen molar-refractivity contribution in [2.24, 2.45) is 0 Å². The molecule has 0 unspecified atom stereocenters. The number of benzene rings is 2. The lowest BCUT2D eigenvalue weighted by Gasteiger charge is -2.07. The van der Waals surface area contributed by atoms with Crippen molar-refractivity contribution < 1.29 is 14.3 Å². The van der Waals surface area contributed by atoms with Gasteiger partial charge in [-0.2, -0.15) is 0 Å². The zero-order valence-electron chi connectivity index (χ0n) is 12.6. The summed E-state index contributed by atoms with van der Waals surface area (Å²) in [5.74, 6) is 6.84. The van der Waals surface area contributed by atoms with Crippen molar-refractivity contribution in [2.75, 3.05) is 20.3 Å². The quantitative estimate of drug-likeness (QED) is 0.818. The van der Waals surface area contributed by atoms with Gasteiger partial charge in [0.1, 0.15) is 6.61 Å². The van der Waals surface area contributed by atoms with Gasteiger partial charge in [-0.1, -0.05) is 46.0 Å².